The van der Waals surface area contributed by atoms with E-state index < -0.39 is 6.04 Å². The molecule has 2 fully saturated rings. The first kappa shape index (κ1) is 23.8. The van der Waals surface area contributed by atoms with Crippen molar-refractivity contribution in [1.29, 1.82) is 0 Å². The van der Waals surface area contributed by atoms with Crippen LogP contribution in [0.2, 0.25) is 0 Å². The molecule has 0 radical (unpaired) electrons. The molecule has 5 atom stereocenters. The second-order valence-corrected chi connectivity index (χ2v) is 12.2. The number of fused-ring (bicyclic) bond motifs is 5. The van der Waals surface area contributed by atoms with Crippen LogP contribution in [-0.4, -0.2) is 18.6 Å². The lowest BCUT2D eigenvalue weighted by molar-refractivity contribution is -0.136. The Morgan fingerprint density at radius 3 is 2.59 bits per heavy atom. The van der Waals surface area contributed by atoms with Crippen LogP contribution < -0.4 is 16.2 Å². The summed E-state index contributed by atoms with van der Waals surface area (Å²) in [5.74, 6) is 1.78. The number of rotatable bonds is 6. The Morgan fingerprint density at radius 1 is 1.12 bits per heavy atom. The largest absolute Gasteiger partial charge is 0.425 e. The van der Waals surface area contributed by atoms with Crippen LogP contribution in [0, 0.1) is 29.6 Å². The molecule has 5 unspecified atom stereocenters. The third kappa shape index (κ3) is 3.81. The van der Waals surface area contributed by atoms with Gasteiger partial charge in [-0.25, -0.2) is 4.79 Å². The molecular formula is C28H44N2O2. The lowest BCUT2D eigenvalue weighted by atomic mass is 9.43. The van der Waals surface area contributed by atoms with Gasteiger partial charge in [0, 0.05) is 0 Å². The smallest absolute Gasteiger partial charge is 0.328 e. The molecule has 2 saturated carbocycles. The van der Waals surface area contributed by atoms with E-state index in [0.717, 1.165) is 25.2 Å². The number of hydrogen-bond donors (Lipinski definition) is 2. The molecule has 0 heterocycles. The second kappa shape index (κ2) is 8.43. The molecule has 1 aromatic carbocycles. The first-order valence-electron chi connectivity index (χ1n) is 12.8. The van der Waals surface area contributed by atoms with Crippen molar-refractivity contribution in [3.8, 4) is 5.75 Å². The lowest BCUT2D eigenvalue weighted by Gasteiger charge is -2.61. The third-order valence-electron chi connectivity index (χ3n) is 9.67. The zero-order valence-electron chi connectivity index (χ0n) is 20.9. The van der Waals surface area contributed by atoms with Crippen molar-refractivity contribution in [2.45, 2.75) is 104 Å². The molecule has 4 nitrogen and oxygen atoms in total. The molecule has 0 saturated heterocycles. The monoisotopic (exact) mass is 440 g/mol. The summed E-state index contributed by atoms with van der Waals surface area (Å²) in [6, 6.07) is 3.62. The van der Waals surface area contributed by atoms with E-state index in [1.165, 1.54) is 48.8 Å². The number of carbonyl (C=O) groups excluding carboxylic acids is 1. The van der Waals surface area contributed by atoms with Gasteiger partial charge in [0.2, 0.25) is 0 Å². The van der Waals surface area contributed by atoms with Crippen molar-refractivity contribution in [1.82, 2.24) is 0 Å². The number of nitrogens with two attached hydrogens (primary N) is 2. The molecule has 3 aliphatic carbocycles. The average Bonchev–Trinajstić information content (AvgIpc) is 3.01. The standard InChI is InChI=1S/C28H44N2O2/c1-18-15-20(32-25(31)21(30)9-6-7-14-29)16-19-17-23-27(4)12-8-11-26(2,3)22(27)10-13-28(23,5)24(18)19/h15-16,21-23H,6-14,17,29-30H2,1-5H3. The van der Waals surface area contributed by atoms with Crippen LogP contribution >= 0.6 is 0 Å². The summed E-state index contributed by atoms with van der Waals surface area (Å²) in [7, 11) is 0. The summed E-state index contributed by atoms with van der Waals surface area (Å²) >= 11 is 0. The van der Waals surface area contributed by atoms with Crippen LogP contribution in [-0.2, 0) is 16.6 Å². The van der Waals surface area contributed by atoms with Crippen molar-refractivity contribution >= 4 is 5.97 Å². The van der Waals surface area contributed by atoms with Crippen molar-refractivity contribution in [2.75, 3.05) is 6.54 Å². The molecule has 0 amide bonds. The Kier molecular flexibility index (Phi) is 6.26. The number of unbranched alkanes of at least 4 members (excludes halogenated alkanes) is 1. The zero-order valence-corrected chi connectivity index (χ0v) is 20.9. The van der Waals surface area contributed by atoms with Crippen LogP contribution in [0.1, 0.15) is 95.8 Å². The number of hydrogen-bond acceptors (Lipinski definition) is 4. The van der Waals surface area contributed by atoms with Crippen LogP contribution in [0.4, 0.5) is 0 Å². The van der Waals surface area contributed by atoms with Gasteiger partial charge in [-0.3, -0.25) is 0 Å². The van der Waals surface area contributed by atoms with Gasteiger partial charge in [-0.15, -0.1) is 0 Å². The van der Waals surface area contributed by atoms with Gasteiger partial charge in [0.25, 0.3) is 0 Å². The lowest BCUT2D eigenvalue weighted by Crippen LogP contribution is -2.55. The van der Waals surface area contributed by atoms with Crippen LogP contribution in [0.5, 0.6) is 5.75 Å². The number of benzene rings is 1. The predicted molar refractivity (Wildman–Crippen MR) is 131 cm³/mol. The highest BCUT2D eigenvalue weighted by Gasteiger charge is 2.61. The second-order valence-electron chi connectivity index (χ2n) is 12.2. The summed E-state index contributed by atoms with van der Waals surface area (Å²) in [4.78, 5) is 12.6. The highest BCUT2D eigenvalue weighted by atomic mass is 16.5. The van der Waals surface area contributed by atoms with Crippen LogP contribution in [0.15, 0.2) is 12.1 Å². The highest BCUT2D eigenvalue weighted by Crippen LogP contribution is 2.67. The van der Waals surface area contributed by atoms with Crippen molar-refractivity contribution in [3.63, 3.8) is 0 Å². The normalized spacial score (nSPS) is 33.7. The third-order valence-corrected chi connectivity index (χ3v) is 9.67. The Labute approximate surface area is 194 Å². The molecule has 4 N–H and O–H groups in total. The molecule has 0 aliphatic heterocycles. The SMILES string of the molecule is Cc1cc(OC(=O)C(N)CCCCN)cc2c1C1(C)CCC3C(C)(C)CCCC3(C)C1C2. The van der Waals surface area contributed by atoms with Gasteiger partial charge in [-0.2, -0.15) is 0 Å². The maximum absolute atomic E-state index is 12.6. The van der Waals surface area contributed by atoms with E-state index in [9.17, 15) is 4.79 Å². The maximum atomic E-state index is 12.6. The van der Waals surface area contributed by atoms with E-state index in [-0.39, 0.29) is 11.4 Å². The molecule has 4 heteroatoms. The average molecular weight is 441 g/mol. The Bertz CT molecular complexity index is 878. The minimum Gasteiger partial charge on any atom is -0.425 e. The number of esters is 1. The Hall–Kier alpha value is -1.39. The van der Waals surface area contributed by atoms with Crippen molar-refractivity contribution < 1.29 is 9.53 Å². The molecule has 178 valence electrons. The fourth-order valence-electron chi connectivity index (χ4n) is 8.31. The minimum absolute atomic E-state index is 0.221. The summed E-state index contributed by atoms with van der Waals surface area (Å²) < 4.78 is 5.77. The van der Waals surface area contributed by atoms with Crippen molar-refractivity contribution in [2.24, 2.45) is 34.1 Å². The van der Waals surface area contributed by atoms with Crippen LogP contribution in [0.3, 0.4) is 0 Å². The van der Waals surface area contributed by atoms with Gasteiger partial charge in [0.1, 0.15) is 11.8 Å². The highest BCUT2D eigenvalue weighted by molar-refractivity contribution is 5.78. The van der Waals surface area contributed by atoms with E-state index >= 15 is 0 Å². The molecular weight excluding hydrogens is 396 g/mol. The van der Waals surface area contributed by atoms with Gasteiger partial charge in [-0.1, -0.05) is 40.5 Å². The van der Waals surface area contributed by atoms with E-state index in [1.807, 2.05) is 0 Å². The molecule has 0 bridgehead atoms. The summed E-state index contributed by atoms with van der Waals surface area (Å²) in [5.41, 5.74) is 16.8. The molecule has 3 aliphatic rings. The summed E-state index contributed by atoms with van der Waals surface area (Å²) in [6.07, 6.45) is 10.1. The summed E-state index contributed by atoms with van der Waals surface area (Å²) in [5, 5.41) is 0. The molecule has 0 aromatic heterocycles. The fraction of sp³-hybridized carbons (Fsp3) is 0.750. The summed E-state index contributed by atoms with van der Waals surface area (Å²) in [6.45, 7) is 12.9. The first-order chi connectivity index (χ1) is 15.0. The van der Waals surface area contributed by atoms with E-state index in [0.29, 0.717) is 35.5 Å². The number of carbonyl (C=O) groups is 1. The van der Waals surface area contributed by atoms with Gasteiger partial charge in [0.05, 0.1) is 0 Å². The topological polar surface area (TPSA) is 78.3 Å². The maximum Gasteiger partial charge on any atom is 0.328 e. The van der Waals surface area contributed by atoms with Gasteiger partial charge in [-0.05, 0) is 115 Å². The Balaban J connectivity index is 1.58. The van der Waals surface area contributed by atoms with Gasteiger partial charge in [0.15, 0.2) is 0 Å². The van der Waals surface area contributed by atoms with E-state index in [2.05, 4.69) is 46.8 Å². The van der Waals surface area contributed by atoms with E-state index in [4.69, 9.17) is 16.2 Å². The van der Waals surface area contributed by atoms with Gasteiger partial charge >= 0.3 is 5.97 Å². The predicted octanol–water partition coefficient (Wildman–Crippen LogP) is 5.41. The zero-order chi connectivity index (χ0) is 23.3. The molecule has 1 aromatic rings. The minimum atomic E-state index is -0.584. The molecule has 4 rings (SSSR count). The number of ether oxygens (including phenoxy) is 1. The van der Waals surface area contributed by atoms with Crippen molar-refractivity contribution in [3.05, 3.63) is 28.8 Å². The quantitative estimate of drug-likeness (QED) is 0.352. The van der Waals surface area contributed by atoms with E-state index in [1.54, 1.807) is 0 Å². The fourth-order valence-corrected chi connectivity index (χ4v) is 8.31. The van der Waals surface area contributed by atoms with Crippen LogP contribution in [0.25, 0.3) is 0 Å². The Morgan fingerprint density at radius 2 is 1.88 bits per heavy atom. The first-order valence-corrected chi connectivity index (χ1v) is 12.8. The number of aryl methyl sites for hydroxylation is 1. The van der Waals surface area contributed by atoms with Gasteiger partial charge < -0.3 is 16.2 Å². The molecule has 32 heavy (non-hydrogen) atoms. The molecule has 0 spiro atoms.